The summed E-state index contributed by atoms with van der Waals surface area (Å²) >= 11 is 5.92. The van der Waals surface area contributed by atoms with Crippen LogP contribution in [0.2, 0.25) is 5.02 Å². The Bertz CT molecular complexity index is 489. The number of nitrogens with one attached hydrogen (secondary N) is 1. The normalized spacial score (nSPS) is 25.4. The molecule has 122 valence electrons. The van der Waals surface area contributed by atoms with Gasteiger partial charge in [0.2, 0.25) is 5.91 Å². The standard InChI is InChI=1S/C16H21ClN2O2.ClH/c17-13-6-4-12(5-7-13)15-11-19(9-10-21-15)16(20)14-3-1-2-8-18-14;/h4-7,14-15,18H,1-3,8-11H2;1H/t14-,15?;/m0./s1. The van der Waals surface area contributed by atoms with Crippen LogP contribution in [-0.4, -0.2) is 43.1 Å². The maximum atomic E-state index is 12.6. The molecule has 2 fully saturated rings. The van der Waals surface area contributed by atoms with Crippen molar-refractivity contribution in [2.45, 2.75) is 31.4 Å². The van der Waals surface area contributed by atoms with E-state index in [0.29, 0.717) is 24.7 Å². The average molecular weight is 345 g/mol. The summed E-state index contributed by atoms with van der Waals surface area (Å²) in [6.45, 7) is 2.84. The van der Waals surface area contributed by atoms with E-state index < -0.39 is 0 Å². The number of rotatable bonds is 2. The molecular formula is C16H22Cl2N2O2. The van der Waals surface area contributed by atoms with Crippen LogP contribution in [0.1, 0.15) is 30.9 Å². The van der Waals surface area contributed by atoms with Gasteiger partial charge in [-0.05, 0) is 37.1 Å². The van der Waals surface area contributed by atoms with Gasteiger partial charge >= 0.3 is 0 Å². The number of benzene rings is 1. The van der Waals surface area contributed by atoms with Crippen LogP contribution in [0.4, 0.5) is 0 Å². The molecule has 6 heteroatoms. The Morgan fingerprint density at radius 1 is 1.27 bits per heavy atom. The van der Waals surface area contributed by atoms with Crippen molar-refractivity contribution in [1.29, 1.82) is 0 Å². The molecule has 1 aromatic carbocycles. The lowest BCUT2D eigenvalue weighted by molar-refractivity contribution is -0.141. The summed E-state index contributed by atoms with van der Waals surface area (Å²) in [6.07, 6.45) is 3.19. The van der Waals surface area contributed by atoms with Gasteiger partial charge in [0.05, 0.1) is 19.2 Å². The van der Waals surface area contributed by atoms with Gasteiger partial charge in [0.25, 0.3) is 0 Å². The molecule has 2 aliphatic heterocycles. The second-order valence-electron chi connectivity index (χ2n) is 5.70. The SMILES string of the molecule is Cl.O=C([C@@H]1CCCCN1)N1CCOC(c2ccc(Cl)cc2)C1. The Kier molecular flexibility index (Phi) is 6.50. The summed E-state index contributed by atoms with van der Waals surface area (Å²) in [6, 6.07) is 7.66. The molecule has 0 radical (unpaired) electrons. The molecule has 22 heavy (non-hydrogen) atoms. The zero-order valence-corrected chi connectivity index (χ0v) is 14.0. The summed E-state index contributed by atoms with van der Waals surface area (Å²) in [5.74, 6) is 0.219. The molecule has 3 rings (SSSR count). The number of halogens is 2. The molecule has 0 aromatic heterocycles. The Labute approximate surface area is 142 Å². The molecule has 2 saturated heterocycles. The van der Waals surface area contributed by atoms with Crippen molar-refractivity contribution in [1.82, 2.24) is 10.2 Å². The van der Waals surface area contributed by atoms with Crippen LogP contribution in [0.3, 0.4) is 0 Å². The van der Waals surface area contributed by atoms with Gasteiger partial charge in [-0.1, -0.05) is 30.2 Å². The van der Waals surface area contributed by atoms with E-state index in [0.717, 1.165) is 24.9 Å². The van der Waals surface area contributed by atoms with Gasteiger partial charge in [0.15, 0.2) is 0 Å². The lowest BCUT2D eigenvalue weighted by Crippen LogP contribution is -2.52. The van der Waals surface area contributed by atoms with E-state index >= 15 is 0 Å². The van der Waals surface area contributed by atoms with Crippen molar-refractivity contribution in [2.75, 3.05) is 26.2 Å². The smallest absolute Gasteiger partial charge is 0.239 e. The van der Waals surface area contributed by atoms with Gasteiger partial charge in [-0.2, -0.15) is 0 Å². The van der Waals surface area contributed by atoms with Crippen molar-refractivity contribution in [3.63, 3.8) is 0 Å². The second kappa shape index (κ2) is 8.16. The first-order chi connectivity index (χ1) is 10.2. The highest BCUT2D eigenvalue weighted by Crippen LogP contribution is 2.24. The number of carbonyl (C=O) groups is 1. The van der Waals surface area contributed by atoms with Crippen LogP contribution in [0.15, 0.2) is 24.3 Å². The molecule has 0 bridgehead atoms. The highest BCUT2D eigenvalue weighted by Gasteiger charge is 2.30. The third-order valence-corrected chi connectivity index (χ3v) is 4.48. The van der Waals surface area contributed by atoms with Crippen LogP contribution in [-0.2, 0) is 9.53 Å². The highest BCUT2D eigenvalue weighted by atomic mass is 35.5. The third-order valence-electron chi connectivity index (χ3n) is 4.23. The predicted molar refractivity (Wildman–Crippen MR) is 89.6 cm³/mol. The Morgan fingerprint density at radius 2 is 2.05 bits per heavy atom. The number of hydrogen-bond acceptors (Lipinski definition) is 3. The fraction of sp³-hybridized carbons (Fsp3) is 0.562. The molecule has 2 aliphatic rings. The van der Waals surface area contributed by atoms with Crippen molar-refractivity contribution >= 4 is 29.9 Å². The first-order valence-corrected chi connectivity index (χ1v) is 8.01. The fourth-order valence-corrected chi connectivity index (χ4v) is 3.14. The molecule has 0 spiro atoms. The molecule has 4 nitrogen and oxygen atoms in total. The van der Waals surface area contributed by atoms with Gasteiger partial charge in [-0.25, -0.2) is 0 Å². The van der Waals surface area contributed by atoms with Crippen LogP contribution in [0.25, 0.3) is 0 Å². The average Bonchev–Trinajstić information content (AvgIpc) is 2.56. The monoisotopic (exact) mass is 344 g/mol. The summed E-state index contributed by atoms with van der Waals surface area (Å²) < 4.78 is 5.81. The maximum absolute atomic E-state index is 12.6. The minimum Gasteiger partial charge on any atom is -0.370 e. The van der Waals surface area contributed by atoms with E-state index in [-0.39, 0.29) is 30.5 Å². The Hall–Kier alpha value is -0.810. The van der Waals surface area contributed by atoms with Gasteiger partial charge in [0.1, 0.15) is 6.10 Å². The summed E-state index contributed by atoms with van der Waals surface area (Å²) in [7, 11) is 0. The third kappa shape index (κ3) is 4.13. The zero-order valence-electron chi connectivity index (χ0n) is 12.5. The minimum absolute atomic E-state index is 0. The van der Waals surface area contributed by atoms with E-state index in [1.54, 1.807) is 0 Å². The van der Waals surface area contributed by atoms with Crippen molar-refractivity contribution in [2.24, 2.45) is 0 Å². The molecule has 0 aliphatic carbocycles. The van der Waals surface area contributed by atoms with Crippen molar-refractivity contribution < 1.29 is 9.53 Å². The first kappa shape index (κ1) is 17.5. The van der Waals surface area contributed by atoms with Crippen LogP contribution < -0.4 is 5.32 Å². The molecule has 2 atom stereocenters. The molecule has 2 heterocycles. The number of morpholine rings is 1. The molecule has 1 unspecified atom stereocenters. The van der Waals surface area contributed by atoms with E-state index in [9.17, 15) is 4.79 Å². The van der Waals surface area contributed by atoms with Gasteiger partial charge in [0, 0.05) is 11.6 Å². The van der Waals surface area contributed by atoms with Crippen molar-refractivity contribution in [3.8, 4) is 0 Å². The number of ether oxygens (including phenoxy) is 1. The van der Waals surface area contributed by atoms with Crippen LogP contribution >= 0.6 is 24.0 Å². The molecular weight excluding hydrogens is 323 g/mol. The molecule has 1 aromatic rings. The largest absolute Gasteiger partial charge is 0.370 e. The quantitative estimate of drug-likeness (QED) is 0.896. The zero-order chi connectivity index (χ0) is 14.7. The number of hydrogen-bond donors (Lipinski definition) is 1. The topological polar surface area (TPSA) is 41.6 Å². The van der Waals surface area contributed by atoms with Crippen molar-refractivity contribution in [3.05, 3.63) is 34.9 Å². The van der Waals surface area contributed by atoms with E-state index in [4.69, 9.17) is 16.3 Å². The van der Waals surface area contributed by atoms with Gasteiger partial charge in [-0.15, -0.1) is 12.4 Å². The summed E-state index contributed by atoms with van der Waals surface area (Å²) in [5, 5.41) is 4.05. The number of amides is 1. The van der Waals surface area contributed by atoms with E-state index in [1.807, 2.05) is 29.2 Å². The molecule has 1 amide bonds. The lowest BCUT2D eigenvalue weighted by atomic mass is 10.0. The van der Waals surface area contributed by atoms with E-state index in [1.165, 1.54) is 6.42 Å². The second-order valence-corrected chi connectivity index (χ2v) is 6.13. The Balaban J connectivity index is 0.00000176. The van der Waals surface area contributed by atoms with Gasteiger partial charge in [-0.3, -0.25) is 4.79 Å². The van der Waals surface area contributed by atoms with Crippen LogP contribution in [0, 0.1) is 0 Å². The first-order valence-electron chi connectivity index (χ1n) is 7.63. The fourth-order valence-electron chi connectivity index (χ4n) is 3.01. The summed E-state index contributed by atoms with van der Waals surface area (Å²) in [4.78, 5) is 14.5. The minimum atomic E-state index is -0.0523. The Morgan fingerprint density at radius 3 is 2.73 bits per heavy atom. The molecule has 1 N–H and O–H groups in total. The maximum Gasteiger partial charge on any atom is 0.239 e. The number of carbonyl (C=O) groups excluding carboxylic acids is 1. The lowest BCUT2D eigenvalue weighted by Gasteiger charge is -2.36. The number of nitrogens with zero attached hydrogens (tertiary/aromatic N) is 1. The van der Waals surface area contributed by atoms with E-state index in [2.05, 4.69) is 5.32 Å². The molecule has 0 saturated carbocycles. The summed E-state index contributed by atoms with van der Waals surface area (Å²) in [5.41, 5.74) is 1.08. The predicted octanol–water partition coefficient (Wildman–Crippen LogP) is 2.80. The number of piperidine rings is 1. The van der Waals surface area contributed by atoms with Crippen LogP contribution in [0.5, 0.6) is 0 Å². The van der Waals surface area contributed by atoms with Gasteiger partial charge < -0.3 is 15.0 Å². The highest BCUT2D eigenvalue weighted by molar-refractivity contribution is 6.30.